The summed E-state index contributed by atoms with van der Waals surface area (Å²) in [7, 11) is 0. The molecule has 3 N–H and O–H groups in total. The van der Waals surface area contributed by atoms with Gasteiger partial charge < -0.3 is 11.1 Å². The number of nitrogens with two attached hydrogens (primary N) is 1. The van der Waals surface area contributed by atoms with Crippen LogP contribution in [-0.4, -0.2) is 25.1 Å². The van der Waals surface area contributed by atoms with Gasteiger partial charge in [0.05, 0.1) is 0 Å². The SMILES string of the molecule is CC(F)(F)CC1CNCC1N. The first-order valence-electron chi connectivity index (χ1n) is 3.83. The van der Waals surface area contributed by atoms with Gasteiger partial charge in [0.25, 0.3) is 0 Å². The molecule has 0 amide bonds. The van der Waals surface area contributed by atoms with Crippen molar-refractivity contribution >= 4 is 0 Å². The van der Waals surface area contributed by atoms with Crippen LogP contribution in [-0.2, 0) is 0 Å². The van der Waals surface area contributed by atoms with Gasteiger partial charge in [-0.3, -0.25) is 0 Å². The Hall–Kier alpha value is -0.220. The minimum absolute atomic E-state index is 0.0602. The number of halogens is 2. The number of alkyl halides is 2. The van der Waals surface area contributed by atoms with Crippen LogP contribution in [0.5, 0.6) is 0 Å². The van der Waals surface area contributed by atoms with Gasteiger partial charge in [0.2, 0.25) is 5.92 Å². The summed E-state index contributed by atoms with van der Waals surface area (Å²) >= 11 is 0. The Morgan fingerprint density at radius 1 is 1.55 bits per heavy atom. The van der Waals surface area contributed by atoms with E-state index in [1.165, 1.54) is 0 Å². The van der Waals surface area contributed by atoms with Crippen molar-refractivity contribution in [3.63, 3.8) is 0 Å². The van der Waals surface area contributed by atoms with Crippen LogP contribution in [0.3, 0.4) is 0 Å². The van der Waals surface area contributed by atoms with E-state index in [4.69, 9.17) is 5.73 Å². The standard InChI is InChI=1S/C7H14F2N2/c1-7(8,9)2-5-3-11-4-6(5)10/h5-6,11H,2-4,10H2,1H3. The number of nitrogens with one attached hydrogen (secondary N) is 1. The van der Waals surface area contributed by atoms with Gasteiger partial charge in [0, 0.05) is 19.0 Å². The first-order valence-corrected chi connectivity index (χ1v) is 3.83. The maximum Gasteiger partial charge on any atom is 0.245 e. The van der Waals surface area contributed by atoms with E-state index in [1.54, 1.807) is 0 Å². The first-order chi connectivity index (χ1) is 4.99. The van der Waals surface area contributed by atoms with E-state index in [0.717, 1.165) is 6.92 Å². The highest BCUT2D eigenvalue weighted by Crippen LogP contribution is 2.25. The highest BCUT2D eigenvalue weighted by molar-refractivity contribution is 4.86. The molecule has 1 aliphatic heterocycles. The van der Waals surface area contributed by atoms with Crippen molar-refractivity contribution < 1.29 is 8.78 Å². The molecule has 1 fully saturated rings. The van der Waals surface area contributed by atoms with Gasteiger partial charge in [0.1, 0.15) is 0 Å². The van der Waals surface area contributed by atoms with Crippen LogP contribution in [0.4, 0.5) is 8.78 Å². The fraction of sp³-hybridized carbons (Fsp3) is 1.00. The lowest BCUT2D eigenvalue weighted by molar-refractivity contribution is -0.00284. The van der Waals surface area contributed by atoms with E-state index in [2.05, 4.69) is 5.32 Å². The lowest BCUT2D eigenvalue weighted by Crippen LogP contribution is -2.32. The largest absolute Gasteiger partial charge is 0.326 e. The lowest BCUT2D eigenvalue weighted by Gasteiger charge is -2.18. The molecule has 0 radical (unpaired) electrons. The third kappa shape index (κ3) is 2.71. The van der Waals surface area contributed by atoms with Crippen LogP contribution in [0.1, 0.15) is 13.3 Å². The Bertz CT molecular complexity index is 133. The average Bonchev–Trinajstić information content (AvgIpc) is 2.12. The lowest BCUT2D eigenvalue weighted by atomic mass is 9.97. The minimum atomic E-state index is -2.58. The summed E-state index contributed by atoms with van der Waals surface area (Å²) < 4.78 is 24.9. The number of hydrogen-bond donors (Lipinski definition) is 2. The molecule has 0 aromatic rings. The molecule has 1 aliphatic rings. The summed E-state index contributed by atoms with van der Waals surface area (Å²) in [5, 5.41) is 2.99. The molecule has 2 nitrogen and oxygen atoms in total. The molecule has 0 saturated carbocycles. The van der Waals surface area contributed by atoms with Gasteiger partial charge >= 0.3 is 0 Å². The van der Waals surface area contributed by atoms with Gasteiger partial charge in [-0.2, -0.15) is 0 Å². The number of hydrogen-bond acceptors (Lipinski definition) is 2. The van der Waals surface area contributed by atoms with Gasteiger partial charge in [-0.1, -0.05) is 0 Å². The van der Waals surface area contributed by atoms with Gasteiger partial charge in [-0.25, -0.2) is 8.78 Å². The predicted molar refractivity (Wildman–Crippen MR) is 39.6 cm³/mol. The van der Waals surface area contributed by atoms with Crippen LogP contribution >= 0.6 is 0 Å². The first kappa shape index (κ1) is 8.87. The van der Waals surface area contributed by atoms with Crippen LogP contribution in [0, 0.1) is 5.92 Å². The molecule has 66 valence electrons. The molecule has 0 spiro atoms. The second-order valence-electron chi connectivity index (χ2n) is 3.36. The second kappa shape index (κ2) is 3.03. The minimum Gasteiger partial charge on any atom is -0.326 e. The molecule has 2 unspecified atom stereocenters. The van der Waals surface area contributed by atoms with E-state index in [1.807, 2.05) is 0 Å². The van der Waals surface area contributed by atoms with Crippen LogP contribution < -0.4 is 11.1 Å². The quantitative estimate of drug-likeness (QED) is 0.626. The molecule has 0 aliphatic carbocycles. The zero-order valence-electron chi connectivity index (χ0n) is 6.61. The summed E-state index contributed by atoms with van der Waals surface area (Å²) in [5.74, 6) is -2.64. The Kier molecular flexibility index (Phi) is 2.44. The summed E-state index contributed by atoms with van der Waals surface area (Å²) in [6.45, 7) is 2.24. The van der Waals surface area contributed by atoms with Crippen molar-refractivity contribution in [1.82, 2.24) is 5.32 Å². The zero-order chi connectivity index (χ0) is 8.48. The molecule has 0 bridgehead atoms. The highest BCUT2D eigenvalue weighted by Gasteiger charge is 2.32. The topological polar surface area (TPSA) is 38.0 Å². The molecule has 4 heteroatoms. The zero-order valence-corrected chi connectivity index (χ0v) is 6.61. The molecule has 1 saturated heterocycles. The molecular weight excluding hydrogens is 150 g/mol. The Morgan fingerprint density at radius 3 is 2.55 bits per heavy atom. The summed E-state index contributed by atoms with van der Waals surface area (Å²) in [4.78, 5) is 0. The van der Waals surface area contributed by atoms with E-state index in [-0.39, 0.29) is 18.4 Å². The van der Waals surface area contributed by atoms with E-state index in [0.29, 0.717) is 13.1 Å². The molecular formula is C7H14F2N2. The van der Waals surface area contributed by atoms with Crippen molar-refractivity contribution in [3.05, 3.63) is 0 Å². The Morgan fingerprint density at radius 2 is 2.18 bits per heavy atom. The van der Waals surface area contributed by atoms with Crippen molar-refractivity contribution in [2.75, 3.05) is 13.1 Å². The van der Waals surface area contributed by atoms with Gasteiger partial charge in [-0.05, 0) is 19.4 Å². The summed E-state index contributed by atoms with van der Waals surface area (Å²) in [6, 6.07) is -0.0965. The fourth-order valence-corrected chi connectivity index (χ4v) is 1.44. The monoisotopic (exact) mass is 164 g/mol. The smallest absolute Gasteiger partial charge is 0.245 e. The predicted octanol–water partition coefficient (Wildman–Crippen LogP) is 0.578. The van der Waals surface area contributed by atoms with E-state index >= 15 is 0 Å². The molecule has 0 aromatic carbocycles. The van der Waals surface area contributed by atoms with E-state index < -0.39 is 5.92 Å². The van der Waals surface area contributed by atoms with Gasteiger partial charge in [-0.15, -0.1) is 0 Å². The van der Waals surface area contributed by atoms with E-state index in [9.17, 15) is 8.78 Å². The normalized spacial score (nSPS) is 32.7. The maximum absolute atomic E-state index is 12.5. The third-order valence-electron chi connectivity index (χ3n) is 2.01. The number of rotatable bonds is 2. The summed E-state index contributed by atoms with van der Waals surface area (Å²) in [5.41, 5.74) is 5.59. The molecule has 1 rings (SSSR count). The highest BCUT2D eigenvalue weighted by atomic mass is 19.3. The maximum atomic E-state index is 12.5. The molecule has 1 heterocycles. The van der Waals surface area contributed by atoms with Crippen LogP contribution in [0.2, 0.25) is 0 Å². The van der Waals surface area contributed by atoms with Crippen molar-refractivity contribution in [1.29, 1.82) is 0 Å². The van der Waals surface area contributed by atoms with Crippen LogP contribution in [0.25, 0.3) is 0 Å². The summed E-state index contributed by atoms with van der Waals surface area (Å²) in [6.07, 6.45) is -0.0961. The van der Waals surface area contributed by atoms with Crippen molar-refractivity contribution in [2.24, 2.45) is 11.7 Å². The average molecular weight is 164 g/mol. The van der Waals surface area contributed by atoms with Crippen molar-refractivity contribution in [3.8, 4) is 0 Å². The van der Waals surface area contributed by atoms with Crippen molar-refractivity contribution in [2.45, 2.75) is 25.3 Å². The Balaban J connectivity index is 2.37. The van der Waals surface area contributed by atoms with Crippen LogP contribution in [0.15, 0.2) is 0 Å². The second-order valence-corrected chi connectivity index (χ2v) is 3.36. The molecule has 2 atom stereocenters. The third-order valence-corrected chi connectivity index (χ3v) is 2.01. The fourth-order valence-electron chi connectivity index (χ4n) is 1.44. The molecule has 11 heavy (non-hydrogen) atoms. The molecule has 0 aromatic heterocycles. The Labute approximate surface area is 65.1 Å². The van der Waals surface area contributed by atoms with Gasteiger partial charge in [0.15, 0.2) is 0 Å².